The lowest BCUT2D eigenvalue weighted by Crippen LogP contribution is -2.33. The summed E-state index contributed by atoms with van der Waals surface area (Å²) in [6.45, 7) is 6.02. The van der Waals surface area contributed by atoms with E-state index in [2.05, 4.69) is 5.10 Å². The maximum Gasteiger partial charge on any atom is 0.272 e. The lowest BCUT2D eigenvalue weighted by molar-refractivity contribution is 0.0778. The van der Waals surface area contributed by atoms with Crippen LogP contribution in [-0.4, -0.2) is 39.7 Å². The smallest absolute Gasteiger partial charge is 0.272 e. The molecule has 1 aromatic rings. The maximum absolute atomic E-state index is 12.2. The van der Waals surface area contributed by atoms with E-state index in [1.54, 1.807) is 4.68 Å². The third kappa shape index (κ3) is 1.95. The number of hydrogen-bond donors (Lipinski definition) is 1. The number of aromatic nitrogens is 2. The number of likely N-dealkylation sites (tertiary alicyclic amines) is 1. The number of amides is 1. The van der Waals surface area contributed by atoms with Gasteiger partial charge in [-0.1, -0.05) is 0 Å². The van der Waals surface area contributed by atoms with E-state index in [1.807, 2.05) is 24.8 Å². The first-order valence-corrected chi connectivity index (χ1v) is 5.71. The van der Waals surface area contributed by atoms with E-state index >= 15 is 0 Å². The first kappa shape index (κ1) is 11.1. The zero-order chi connectivity index (χ0) is 11.7. The van der Waals surface area contributed by atoms with Crippen LogP contribution in [-0.2, 0) is 6.54 Å². The van der Waals surface area contributed by atoms with Crippen molar-refractivity contribution in [2.45, 2.75) is 32.9 Å². The number of nitrogens with two attached hydrogens (primary N) is 1. The topological polar surface area (TPSA) is 64.2 Å². The molecule has 1 unspecified atom stereocenters. The molecule has 2 rings (SSSR count). The summed E-state index contributed by atoms with van der Waals surface area (Å²) < 4.78 is 1.75. The van der Waals surface area contributed by atoms with Gasteiger partial charge in [0.05, 0.1) is 5.69 Å². The van der Waals surface area contributed by atoms with E-state index < -0.39 is 0 Å². The van der Waals surface area contributed by atoms with E-state index in [-0.39, 0.29) is 11.9 Å². The van der Waals surface area contributed by atoms with Crippen molar-refractivity contribution in [3.8, 4) is 0 Å². The molecule has 2 heterocycles. The Balaban J connectivity index is 2.20. The second-order valence-electron chi connectivity index (χ2n) is 4.29. The quantitative estimate of drug-likeness (QED) is 0.787. The highest BCUT2D eigenvalue weighted by atomic mass is 16.2. The maximum atomic E-state index is 12.2. The van der Waals surface area contributed by atoms with Crippen molar-refractivity contribution in [1.82, 2.24) is 14.7 Å². The third-order valence-corrected chi connectivity index (χ3v) is 2.93. The number of nitrogens with zero attached hydrogens (tertiary/aromatic N) is 3. The Labute approximate surface area is 95.2 Å². The Bertz CT molecular complexity index is 399. The summed E-state index contributed by atoms with van der Waals surface area (Å²) in [5, 5.41) is 4.28. The van der Waals surface area contributed by atoms with Crippen LogP contribution in [0, 0.1) is 6.92 Å². The third-order valence-electron chi connectivity index (χ3n) is 2.93. The highest BCUT2D eigenvalue weighted by Gasteiger charge is 2.26. The molecule has 1 aromatic heterocycles. The first-order chi connectivity index (χ1) is 7.61. The molecule has 1 aliphatic rings. The molecule has 1 fully saturated rings. The van der Waals surface area contributed by atoms with Gasteiger partial charge in [0.15, 0.2) is 0 Å². The predicted molar refractivity (Wildman–Crippen MR) is 61.1 cm³/mol. The molecule has 5 nitrogen and oxygen atoms in total. The van der Waals surface area contributed by atoms with Crippen LogP contribution in [0.1, 0.15) is 29.5 Å². The van der Waals surface area contributed by atoms with Crippen molar-refractivity contribution in [1.29, 1.82) is 0 Å². The Hall–Kier alpha value is -1.36. The Morgan fingerprint density at radius 2 is 2.44 bits per heavy atom. The van der Waals surface area contributed by atoms with E-state index in [9.17, 15) is 4.79 Å². The van der Waals surface area contributed by atoms with Gasteiger partial charge < -0.3 is 10.6 Å². The van der Waals surface area contributed by atoms with Crippen molar-refractivity contribution in [3.63, 3.8) is 0 Å². The van der Waals surface area contributed by atoms with Gasteiger partial charge in [0.25, 0.3) is 5.91 Å². The molecule has 1 aliphatic heterocycles. The summed E-state index contributed by atoms with van der Waals surface area (Å²) in [6.07, 6.45) is 0.894. The SMILES string of the molecule is CCn1nc(C)cc1C(=O)N1CCC(N)C1. The van der Waals surface area contributed by atoms with Gasteiger partial charge in [0.2, 0.25) is 0 Å². The average molecular weight is 222 g/mol. The summed E-state index contributed by atoms with van der Waals surface area (Å²) in [4.78, 5) is 14.0. The molecule has 2 N–H and O–H groups in total. The van der Waals surface area contributed by atoms with Crippen molar-refractivity contribution in [3.05, 3.63) is 17.5 Å². The summed E-state index contributed by atoms with van der Waals surface area (Å²) in [5.74, 6) is 0.0513. The Morgan fingerprint density at radius 1 is 1.69 bits per heavy atom. The molecule has 1 saturated heterocycles. The van der Waals surface area contributed by atoms with Crippen LogP contribution >= 0.6 is 0 Å². The lowest BCUT2D eigenvalue weighted by Gasteiger charge is -2.15. The van der Waals surface area contributed by atoms with Gasteiger partial charge in [0.1, 0.15) is 5.69 Å². The van der Waals surface area contributed by atoms with Crippen LogP contribution in [0.4, 0.5) is 0 Å². The molecule has 0 spiro atoms. The molecule has 5 heteroatoms. The number of rotatable bonds is 2. The van der Waals surface area contributed by atoms with E-state index in [0.717, 1.165) is 25.2 Å². The molecule has 88 valence electrons. The zero-order valence-corrected chi connectivity index (χ0v) is 9.81. The minimum atomic E-state index is 0.0513. The van der Waals surface area contributed by atoms with Crippen LogP contribution in [0.5, 0.6) is 0 Å². The molecule has 1 atom stereocenters. The van der Waals surface area contributed by atoms with Crippen LogP contribution < -0.4 is 5.73 Å². The summed E-state index contributed by atoms with van der Waals surface area (Å²) in [7, 11) is 0. The first-order valence-electron chi connectivity index (χ1n) is 5.71. The van der Waals surface area contributed by atoms with Gasteiger partial charge in [-0.05, 0) is 26.3 Å². The van der Waals surface area contributed by atoms with Gasteiger partial charge in [-0.25, -0.2) is 0 Å². The van der Waals surface area contributed by atoms with Crippen molar-refractivity contribution >= 4 is 5.91 Å². The monoisotopic (exact) mass is 222 g/mol. The average Bonchev–Trinajstić information content (AvgIpc) is 2.83. The Morgan fingerprint density at radius 3 is 3.00 bits per heavy atom. The second kappa shape index (κ2) is 4.25. The molecule has 0 radical (unpaired) electrons. The second-order valence-corrected chi connectivity index (χ2v) is 4.29. The molecule has 0 bridgehead atoms. The van der Waals surface area contributed by atoms with E-state index in [0.29, 0.717) is 12.2 Å². The van der Waals surface area contributed by atoms with Crippen LogP contribution in [0.2, 0.25) is 0 Å². The van der Waals surface area contributed by atoms with Crippen LogP contribution in [0.3, 0.4) is 0 Å². The van der Waals surface area contributed by atoms with Gasteiger partial charge >= 0.3 is 0 Å². The van der Waals surface area contributed by atoms with Crippen molar-refractivity contribution in [2.24, 2.45) is 5.73 Å². The summed E-state index contributed by atoms with van der Waals surface area (Å²) >= 11 is 0. The highest BCUT2D eigenvalue weighted by Crippen LogP contribution is 2.13. The van der Waals surface area contributed by atoms with Gasteiger partial charge in [-0.2, -0.15) is 5.10 Å². The number of aryl methyl sites for hydroxylation is 2. The number of hydrogen-bond acceptors (Lipinski definition) is 3. The van der Waals surface area contributed by atoms with Crippen LogP contribution in [0.25, 0.3) is 0 Å². The van der Waals surface area contributed by atoms with E-state index in [4.69, 9.17) is 5.73 Å². The Kier molecular flexibility index (Phi) is 2.96. The van der Waals surface area contributed by atoms with Gasteiger partial charge in [-0.3, -0.25) is 9.48 Å². The number of carbonyl (C=O) groups is 1. The van der Waals surface area contributed by atoms with Crippen molar-refractivity contribution in [2.75, 3.05) is 13.1 Å². The minimum absolute atomic E-state index is 0.0513. The standard InChI is InChI=1S/C11H18N4O/c1-3-15-10(6-8(2)13-15)11(16)14-5-4-9(12)7-14/h6,9H,3-5,7,12H2,1-2H3. The van der Waals surface area contributed by atoms with E-state index in [1.165, 1.54) is 0 Å². The molecular formula is C11H18N4O. The summed E-state index contributed by atoms with van der Waals surface area (Å²) in [5.41, 5.74) is 7.36. The lowest BCUT2D eigenvalue weighted by atomic mass is 10.3. The molecule has 16 heavy (non-hydrogen) atoms. The normalized spacial score (nSPS) is 20.4. The zero-order valence-electron chi connectivity index (χ0n) is 9.81. The van der Waals surface area contributed by atoms with Gasteiger partial charge in [-0.15, -0.1) is 0 Å². The van der Waals surface area contributed by atoms with Crippen LogP contribution in [0.15, 0.2) is 6.07 Å². The minimum Gasteiger partial charge on any atom is -0.336 e. The fourth-order valence-corrected chi connectivity index (χ4v) is 2.09. The van der Waals surface area contributed by atoms with Crippen molar-refractivity contribution < 1.29 is 4.79 Å². The van der Waals surface area contributed by atoms with Gasteiger partial charge in [0, 0.05) is 25.7 Å². The fraction of sp³-hybridized carbons (Fsp3) is 0.636. The molecule has 0 aromatic carbocycles. The number of carbonyl (C=O) groups excluding carboxylic acids is 1. The summed E-state index contributed by atoms with van der Waals surface area (Å²) in [6, 6.07) is 1.97. The highest BCUT2D eigenvalue weighted by molar-refractivity contribution is 5.93. The fourth-order valence-electron chi connectivity index (χ4n) is 2.09. The largest absolute Gasteiger partial charge is 0.336 e. The molecular weight excluding hydrogens is 204 g/mol. The molecule has 0 aliphatic carbocycles. The molecule has 0 saturated carbocycles. The predicted octanol–water partition coefficient (Wildman–Crippen LogP) is 0.385. The molecule has 1 amide bonds.